The van der Waals surface area contributed by atoms with Gasteiger partial charge in [-0.25, -0.2) is 0 Å². The Morgan fingerprint density at radius 3 is 2.71 bits per heavy atom. The average Bonchev–Trinajstić information content (AvgIpc) is 2.79. The van der Waals surface area contributed by atoms with E-state index in [1.54, 1.807) is 0 Å². The van der Waals surface area contributed by atoms with Gasteiger partial charge in [-0.2, -0.15) is 5.10 Å². The number of benzene rings is 1. The molecule has 0 atom stereocenters. The summed E-state index contributed by atoms with van der Waals surface area (Å²) in [5.41, 5.74) is 5.53. The fraction of sp³-hybridized carbons (Fsp3) is 0.500. The van der Waals surface area contributed by atoms with Gasteiger partial charge in [0.25, 0.3) is 0 Å². The van der Waals surface area contributed by atoms with Crippen molar-refractivity contribution in [1.29, 1.82) is 0 Å². The molecule has 0 spiro atoms. The fourth-order valence-corrected chi connectivity index (χ4v) is 2.95. The molecule has 0 aliphatic carbocycles. The monoisotopic (exact) mass is 327 g/mol. The summed E-state index contributed by atoms with van der Waals surface area (Å²) in [6.07, 6.45) is 2.18. The molecule has 1 aromatic heterocycles. The first-order chi connectivity index (χ1) is 11.4. The van der Waals surface area contributed by atoms with Gasteiger partial charge in [0.15, 0.2) is 0 Å². The summed E-state index contributed by atoms with van der Waals surface area (Å²) in [5, 5.41) is 7.62. The molecule has 0 radical (unpaired) electrons. The lowest BCUT2D eigenvalue weighted by molar-refractivity contribution is -0.116. The topological polar surface area (TPSA) is 46.9 Å². The van der Waals surface area contributed by atoms with Crippen molar-refractivity contribution < 1.29 is 4.79 Å². The number of anilines is 1. The highest BCUT2D eigenvalue weighted by molar-refractivity contribution is 5.90. The molecule has 0 bridgehead atoms. The van der Waals surface area contributed by atoms with Crippen LogP contribution < -0.4 is 5.32 Å². The van der Waals surface area contributed by atoms with Crippen molar-refractivity contribution in [1.82, 2.24) is 9.78 Å². The van der Waals surface area contributed by atoms with Gasteiger partial charge in [0.2, 0.25) is 5.91 Å². The minimum absolute atomic E-state index is 0.0543. The Morgan fingerprint density at radius 1 is 1.29 bits per heavy atom. The maximum atomic E-state index is 12.3. The molecular weight excluding hydrogens is 298 g/mol. The minimum Gasteiger partial charge on any atom is -0.326 e. The second-order valence-electron chi connectivity index (χ2n) is 6.83. The Balaban J connectivity index is 1.97. The van der Waals surface area contributed by atoms with Gasteiger partial charge in [-0.15, -0.1) is 0 Å². The van der Waals surface area contributed by atoms with Gasteiger partial charge >= 0.3 is 0 Å². The number of rotatable bonds is 7. The van der Waals surface area contributed by atoms with E-state index in [4.69, 9.17) is 0 Å². The van der Waals surface area contributed by atoms with Gasteiger partial charge in [0.05, 0.1) is 5.69 Å². The van der Waals surface area contributed by atoms with Crippen LogP contribution >= 0.6 is 0 Å². The normalized spacial score (nSPS) is 11.1. The molecule has 0 saturated heterocycles. The van der Waals surface area contributed by atoms with E-state index in [-0.39, 0.29) is 5.91 Å². The first-order valence-corrected chi connectivity index (χ1v) is 8.82. The molecule has 0 fully saturated rings. The first kappa shape index (κ1) is 18.2. The van der Waals surface area contributed by atoms with Crippen molar-refractivity contribution in [2.24, 2.45) is 5.92 Å². The molecule has 1 aromatic carbocycles. The van der Waals surface area contributed by atoms with Crippen LogP contribution in [0, 0.1) is 19.8 Å². The molecule has 1 N–H and O–H groups in total. The SMILES string of the molecule is CCc1cccc(NC(=O)CCc2c(C)nn(CC(C)C)c2C)c1. The van der Waals surface area contributed by atoms with Crippen LogP contribution in [0.15, 0.2) is 24.3 Å². The molecule has 0 aliphatic rings. The summed E-state index contributed by atoms with van der Waals surface area (Å²) >= 11 is 0. The average molecular weight is 327 g/mol. The van der Waals surface area contributed by atoms with E-state index in [9.17, 15) is 4.79 Å². The predicted molar refractivity (Wildman–Crippen MR) is 99.3 cm³/mol. The highest BCUT2D eigenvalue weighted by Crippen LogP contribution is 2.17. The minimum atomic E-state index is 0.0543. The third kappa shape index (κ3) is 4.70. The third-order valence-electron chi connectivity index (χ3n) is 4.29. The molecule has 2 aromatic rings. The summed E-state index contributed by atoms with van der Waals surface area (Å²) < 4.78 is 2.07. The zero-order chi connectivity index (χ0) is 17.7. The Kier molecular flexibility index (Phi) is 6.18. The number of nitrogens with one attached hydrogen (secondary N) is 1. The largest absolute Gasteiger partial charge is 0.326 e. The van der Waals surface area contributed by atoms with Crippen LogP contribution in [-0.4, -0.2) is 15.7 Å². The van der Waals surface area contributed by atoms with Crippen LogP contribution in [0.3, 0.4) is 0 Å². The molecule has 24 heavy (non-hydrogen) atoms. The van der Waals surface area contributed by atoms with Crippen LogP contribution in [0.5, 0.6) is 0 Å². The van der Waals surface area contributed by atoms with Crippen LogP contribution in [-0.2, 0) is 24.2 Å². The number of carbonyl (C=O) groups is 1. The Labute approximate surface area is 145 Å². The zero-order valence-corrected chi connectivity index (χ0v) is 15.5. The maximum absolute atomic E-state index is 12.3. The molecule has 130 valence electrons. The van der Waals surface area contributed by atoms with Crippen molar-refractivity contribution >= 4 is 11.6 Å². The molecule has 1 heterocycles. The van der Waals surface area contributed by atoms with Gasteiger partial charge in [-0.3, -0.25) is 9.48 Å². The fourth-order valence-electron chi connectivity index (χ4n) is 2.95. The van der Waals surface area contributed by atoms with Crippen LogP contribution in [0.25, 0.3) is 0 Å². The van der Waals surface area contributed by atoms with Gasteiger partial charge in [0.1, 0.15) is 0 Å². The van der Waals surface area contributed by atoms with E-state index in [0.717, 1.165) is 30.8 Å². The Bertz CT molecular complexity index is 701. The van der Waals surface area contributed by atoms with Gasteiger partial charge in [-0.1, -0.05) is 32.9 Å². The highest BCUT2D eigenvalue weighted by atomic mass is 16.1. The number of aryl methyl sites for hydroxylation is 2. The predicted octanol–water partition coefficient (Wildman–Crippen LogP) is 4.29. The summed E-state index contributed by atoms with van der Waals surface area (Å²) in [7, 11) is 0. The van der Waals surface area contributed by atoms with Crippen molar-refractivity contribution in [3.63, 3.8) is 0 Å². The van der Waals surface area contributed by atoms with Crippen LogP contribution in [0.1, 0.15) is 49.7 Å². The number of aromatic nitrogens is 2. The number of amides is 1. The summed E-state index contributed by atoms with van der Waals surface area (Å²) in [6, 6.07) is 8.04. The molecule has 1 amide bonds. The summed E-state index contributed by atoms with van der Waals surface area (Å²) in [6.45, 7) is 11.5. The molecule has 2 rings (SSSR count). The number of hydrogen-bond donors (Lipinski definition) is 1. The molecule has 4 nitrogen and oxygen atoms in total. The third-order valence-corrected chi connectivity index (χ3v) is 4.29. The lowest BCUT2D eigenvalue weighted by atomic mass is 10.1. The lowest BCUT2D eigenvalue weighted by Crippen LogP contribution is -2.13. The quantitative estimate of drug-likeness (QED) is 0.824. The van der Waals surface area contributed by atoms with Crippen LogP contribution in [0.2, 0.25) is 0 Å². The van der Waals surface area contributed by atoms with Gasteiger partial charge in [0, 0.05) is 24.3 Å². The van der Waals surface area contributed by atoms with Crippen molar-refractivity contribution in [2.45, 2.75) is 60.4 Å². The van der Waals surface area contributed by atoms with Crippen molar-refractivity contribution in [3.05, 3.63) is 46.8 Å². The van der Waals surface area contributed by atoms with E-state index >= 15 is 0 Å². The van der Waals surface area contributed by atoms with Gasteiger partial charge in [-0.05, 0) is 55.9 Å². The highest BCUT2D eigenvalue weighted by Gasteiger charge is 2.14. The second kappa shape index (κ2) is 8.13. The van der Waals surface area contributed by atoms with Crippen LogP contribution in [0.4, 0.5) is 5.69 Å². The molecule has 0 saturated carbocycles. The number of carbonyl (C=O) groups excluding carboxylic acids is 1. The lowest BCUT2D eigenvalue weighted by Gasteiger charge is -2.09. The molecular formula is C20H29N3O. The summed E-state index contributed by atoms with van der Waals surface area (Å²) in [4.78, 5) is 12.3. The molecule has 0 aliphatic heterocycles. The maximum Gasteiger partial charge on any atom is 0.224 e. The Morgan fingerprint density at radius 2 is 2.04 bits per heavy atom. The smallest absolute Gasteiger partial charge is 0.224 e. The Hall–Kier alpha value is -2.10. The number of hydrogen-bond acceptors (Lipinski definition) is 2. The second-order valence-corrected chi connectivity index (χ2v) is 6.83. The molecule has 4 heteroatoms. The number of nitrogens with zero attached hydrogens (tertiary/aromatic N) is 2. The molecule has 0 unspecified atom stereocenters. The van der Waals surface area contributed by atoms with E-state index in [1.165, 1.54) is 16.8 Å². The standard InChI is InChI=1S/C20H29N3O/c1-6-17-8-7-9-18(12-17)21-20(24)11-10-19-15(4)22-23(16(19)5)13-14(2)3/h7-9,12,14H,6,10-11,13H2,1-5H3,(H,21,24). The first-order valence-electron chi connectivity index (χ1n) is 8.82. The van der Waals surface area contributed by atoms with Gasteiger partial charge < -0.3 is 5.32 Å². The van der Waals surface area contributed by atoms with E-state index in [1.807, 2.05) is 25.1 Å². The van der Waals surface area contributed by atoms with E-state index < -0.39 is 0 Å². The van der Waals surface area contributed by atoms with E-state index in [0.29, 0.717) is 12.3 Å². The summed E-state index contributed by atoms with van der Waals surface area (Å²) in [5.74, 6) is 0.614. The zero-order valence-electron chi connectivity index (χ0n) is 15.5. The van der Waals surface area contributed by atoms with E-state index in [2.05, 4.69) is 48.9 Å². The van der Waals surface area contributed by atoms with Crippen molar-refractivity contribution in [2.75, 3.05) is 5.32 Å². The van der Waals surface area contributed by atoms with Crippen molar-refractivity contribution in [3.8, 4) is 0 Å².